The van der Waals surface area contributed by atoms with Crippen molar-refractivity contribution in [2.24, 2.45) is 5.92 Å². The highest BCUT2D eigenvalue weighted by molar-refractivity contribution is 5.83. The highest BCUT2D eigenvalue weighted by Crippen LogP contribution is 2.17. The minimum atomic E-state index is -0.266. The second-order valence-electron chi connectivity index (χ2n) is 4.55. The molecule has 0 spiro atoms. The molecule has 94 valence electrons. The first-order chi connectivity index (χ1) is 8.17. The predicted molar refractivity (Wildman–Crippen MR) is 68.4 cm³/mol. The summed E-state index contributed by atoms with van der Waals surface area (Å²) in [5, 5.41) is 0. The Labute approximate surface area is 103 Å². The van der Waals surface area contributed by atoms with Gasteiger partial charge in [-0.25, -0.2) is 4.39 Å². The van der Waals surface area contributed by atoms with Crippen LogP contribution in [0.15, 0.2) is 24.3 Å². The monoisotopic (exact) mass is 236 g/mol. The van der Waals surface area contributed by atoms with Crippen LogP contribution in [-0.2, 0) is 11.2 Å². The number of hydrogen-bond donors (Lipinski definition) is 0. The molecular formula is C15H21FO. The van der Waals surface area contributed by atoms with E-state index in [2.05, 4.69) is 13.8 Å². The van der Waals surface area contributed by atoms with Gasteiger partial charge in [-0.2, -0.15) is 0 Å². The quantitative estimate of drug-likeness (QED) is 0.695. The lowest BCUT2D eigenvalue weighted by atomic mass is 9.90. The molecule has 0 amide bonds. The summed E-state index contributed by atoms with van der Waals surface area (Å²) in [4.78, 5) is 12.1. The Balaban J connectivity index is 2.62. The van der Waals surface area contributed by atoms with Crippen molar-refractivity contribution in [1.29, 1.82) is 0 Å². The Morgan fingerprint density at radius 3 is 2.41 bits per heavy atom. The van der Waals surface area contributed by atoms with Crippen LogP contribution in [0.2, 0.25) is 0 Å². The highest BCUT2D eigenvalue weighted by Gasteiger charge is 2.16. The molecule has 0 unspecified atom stereocenters. The van der Waals surface area contributed by atoms with Gasteiger partial charge in [0, 0.05) is 12.3 Å². The molecule has 1 nitrogen and oxygen atoms in total. The second kappa shape index (κ2) is 7.21. The minimum absolute atomic E-state index is 0.147. The molecule has 1 rings (SSSR count). The molecule has 1 aromatic carbocycles. The van der Waals surface area contributed by atoms with Gasteiger partial charge in [0.25, 0.3) is 0 Å². The average Bonchev–Trinajstić information content (AvgIpc) is 2.28. The summed E-state index contributed by atoms with van der Waals surface area (Å²) in [6, 6.07) is 6.33. The summed E-state index contributed by atoms with van der Waals surface area (Å²) in [7, 11) is 0. The van der Waals surface area contributed by atoms with E-state index >= 15 is 0 Å². The summed E-state index contributed by atoms with van der Waals surface area (Å²) >= 11 is 0. The van der Waals surface area contributed by atoms with Crippen LogP contribution >= 0.6 is 0 Å². The Morgan fingerprint density at radius 2 is 1.88 bits per heavy atom. The zero-order chi connectivity index (χ0) is 12.7. The maximum Gasteiger partial charge on any atom is 0.140 e. The maximum atomic E-state index is 13.0. The van der Waals surface area contributed by atoms with E-state index < -0.39 is 0 Å². The Morgan fingerprint density at radius 1 is 1.24 bits per heavy atom. The first-order valence-electron chi connectivity index (χ1n) is 6.44. The van der Waals surface area contributed by atoms with E-state index in [1.54, 1.807) is 6.07 Å². The van der Waals surface area contributed by atoms with E-state index in [0.29, 0.717) is 6.42 Å². The number of rotatable bonds is 7. The highest BCUT2D eigenvalue weighted by atomic mass is 19.1. The SMILES string of the molecule is CCCC(CCC)C(=O)Cc1cccc(F)c1. The summed E-state index contributed by atoms with van der Waals surface area (Å²) in [6.07, 6.45) is 4.31. The third kappa shape index (κ3) is 4.68. The largest absolute Gasteiger partial charge is 0.299 e. The van der Waals surface area contributed by atoms with Gasteiger partial charge < -0.3 is 0 Å². The van der Waals surface area contributed by atoms with Gasteiger partial charge in [0.2, 0.25) is 0 Å². The van der Waals surface area contributed by atoms with E-state index in [1.807, 2.05) is 6.07 Å². The van der Waals surface area contributed by atoms with Crippen LogP contribution in [0.5, 0.6) is 0 Å². The summed E-state index contributed by atoms with van der Waals surface area (Å²) in [5.74, 6) is 0.130. The fraction of sp³-hybridized carbons (Fsp3) is 0.533. The molecule has 2 heteroatoms. The van der Waals surface area contributed by atoms with Gasteiger partial charge in [-0.05, 0) is 30.5 Å². The molecule has 0 fully saturated rings. The fourth-order valence-electron chi connectivity index (χ4n) is 2.16. The molecule has 17 heavy (non-hydrogen) atoms. The zero-order valence-corrected chi connectivity index (χ0v) is 10.7. The molecule has 0 bridgehead atoms. The zero-order valence-electron chi connectivity index (χ0n) is 10.7. The lowest BCUT2D eigenvalue weighted by Gasteiger charge is -2.13. The minimum Gasteiger partial charge on any atom is -0.299 e. The average molecular weight is 236 g/mol. The molecule has 0 N–H and O–H groups in total. The molecule has 0 saturated heterocycles. The van der Waals surface area contributed by atoms with Gasteiger partial charge in [-0.15, -0.1) is 0 Å². The number of ketones is 1. The van der Waals surface area contributed by atoms with Crippen molar-refractivity contribution in [2.45, 2.75) is 46.0 Å². The normalized spacial score (nSPS) is 10.8. The van der Waals surface area contributed by atoms with Crippen LogP contribution in [0, 0.1) is 11.7 Å². The molecule has 1 aromatic rings. The lowest BCUT2D eigenvalue weighted by molar-refractivity contribution is -0.122. The van der Waals surface area contributed by atoms with Gasteiger partial charge in [-0.1, -0.05) is 38.8 Å². The Bertz CT molecular complexity index is 354. The number of benzene rings is 1. The van der Waals surface area contributed by atoms with E-state index in [1.165, 1.54) is 12.1 Å². The molecular weight excluding hydrogens is 215 g/mol. The summed E-state index contributed by atoms with van der Waals surface area (Å²) in [5.41, 5.74) is 0.784. The van der Waals surface area contributed by atoms with Crippen molar-refractivity contribution in [3.05, 3.63) is 35.6 Å². The number of hydrogen-bond acceptors (Lipinski definition) is 1. The van der Waals surface area contributed by atoms with Gasteiger partial charge in [0.1, 0.15) is 11.6 Å². The van der Waals surface area contributed by atoms with Gasteiger partial charge >= 0.3 is 0 Å². The van der Waals surface area contributed by atoms with E-state index in [0.717, 1.165) is 31.2 Å². The van der Waals surface area contributed by atoms with Crippen molar-refractivity contribution in [3.63, 3.8) is 0 Å². The first-order valence-corrected chi connectivity index (χ1v) is 6.44. The molecule has 0 aliphatic rings. The van der Waals surface area contributed by atoms with Crippen LogP contribution in [0.4, 0.5) is 4.39 Å². The third-order valence-corrected chi connectivity index (χ3v) is 3.00. The van der Waals surface area contributed by atoms with Gasteiger partial charge in [0.05, 0.1) is 0 Å². The Hall–Kier alpha value is -1.18. The maximum absolute atomic E-state index is 13.0. The second-order valence-corrected chi connectivity index (χ2v) is 4.55. The number of carbonyl (C=O) groups excluding carboxylic acids is 1. The van der Waals surface area contributed by atoms with Crippen molar-refractivity contribution in [2.75, 3.05) is 0 Å². The predicted octanol–water partition coefficient (Wildman–Crippen LogP) is 4.15. The van der Waals surface area contributed by atoms with Crippen LogP contribution in [-0.4, -0.2) is 5.78 Å². The smallest absolute Gasteiger partial charge is 0.140 e. The van der Waals surface area contributed by atoms with E-state index in [4.69, 9.17) is 0 Å². The molecule has 0 aliphatic carbocycles. The molecule has 0 heterocycles. The lowest BCUT2D eigenvalue weighted by Crippen LogP contribution is -2.16. The molecule has 0 aromatic heterocycles. The van der Waals surface area contributed by atoms with Crippen LogP contribution in [0.25, 0.3) is 0 Å². The van der Waals surface area contributed by atoms with Gasteiger partial charge in [-0.3, -0.25) is 4.79 Å². The van der Waals surface area contributed by atoms with Crippen LogP contribution in [0.3, 0.4) is 0 Å². The van der Waals surface area contributed by atoms with Crippen molar-refractivity contribution in [3.8, 4) is 0 Å². The van der Waals surface area contributed by atoms with Crippen molar-refractivity contribution >= 4 is 5.78 Å². The number of Topliss-reactive ketones (excluding diaryl/α,β-unsaturated/α-hetero) is 1. The van der Waals surface area contributed by atoms with E-state index in [-0.39, 0.29) is 17.5 Å². The van der Waals surface area contributed by atoms with Crippen LogP contribution in [0.1, 0.15) is 45.1 Å². The van der Waals surface area contributed by atoms with Crippen molar-refractivity contribution < 1.29 is 9.18 Å². The molecule has 0 saturated carbocycles. The topological polar surface area (TPSA) is 17.1 Å². The Kier molecular flexibility index (Phi) is 5.88. The molecule has 0 radical (unpaired) electrons. The molecule has 0 atom stereocenters. The van der Waals surface area contributed by atoms with E-state index in [9.17, 15) is 9.18 Å². The number of carbonyl (C=O) groups is 1. The first kappa shape index (κ1) is 13.9. The summed E-state index contributed by atoms with van der Waals surface area (Å²) in [6.45, 7) is 4.19. The van der Waals surface area contributed by atoms with Gasteiger partial charge in [0.15, 0.2) is 0 Å². The number of halogens is 1. The van der Waals surface area contributed by atoms with Crippen molar-refractivity contribution in [1.82, 2.24) is 0 Å². The summed E-state index contributed by atoms with van der Waals surface area (Å²) < 4.78 is 13.0. The van der Waals surface area contributed by atoms with Crippen LogP contribution < -0.4 is 0 Å². The standard InChI is InChI=1S/C15H21FO/c1-3-6-13(7-4-2)15(17)11-12-8-5-9-14(16)10-12/h5,8-10,13H,3-4,6-7,11H2,1-2H3. The fourth-order valence-corrected chi connectivity index (χ4v) is 2.16. The third-order valence-electron chi connectivity index (χ3n) is 3.00. The molecule has 0 aliphatic heterocycles.